The molecule has 0 saturated carbocycles. The molecule has 0 fully saturated rings. The monoisotopic (exact) mass is 276 g/mol. The molecule has 0 aliphatic heterocycles. The van der Waals surface area contributed by atoms with E-state index >= 15 is 0 Å². The van der Waals surface area contributed by atoms with Crippen LogP contribution < -0.4 is 10.6 Å². The smallest absolute Gasteiger partial charge is 0.228 e. The third-order valence-corrected chi connectivity index (χ3v) is 2.73. The first kappa shape index (κ1) is 14.2. The Kier molecular flexibility index (Phi) is 4.49. The van der Waals surface area contributed by atoms with Crippen molar-refractivity contribution in [2.75, 3.05) is 24.2 Å². The summed E-state index contributed by atoms with van der Waals surface area (Å²) >= 11 is 0. The van der Waals surface area contributed by atoms with Gasteiger partial charge in [0.25, 0.3) is 0 Å². The van der Waals surface area contributed by atoms with Gasteiger partial charge in [-0.15, -0.1) is 0 Å². The predicted molar refractivity (Wildman–Crippen MR) is 76.9 cm³/mol. The summed E-state index contributed by atoms with van der Waals surface area (Å²) in [6.07, 6.45) is 0.663. The normalized spacial score (nSPS) is 10.8. The van der Waals surface area contributed by atoms with Gasteiger partial charge in [-0.05, 0) is 6.92 Å². The molecule has 20 heavy (non-hydrogen) atoms. The average Bonchev–Trinajstić information content (AvgIpc) is 2.84. The van der Waals surface area contributed by atoms with Crippen molar-refractivity contribution in [3.63, 3.8) is 0 Å². The van der Waals surface area contributed by atoms with Crippen LogP contribution in [-0.2, 0) is 6.42 Å². The lowest BCUT2D eigenvalue weighted by Gasteiger charge is -2.10. The highest BCUT2D eigenvalue weighted by atomic mass is 16.5. The lowest BCUT2D eigenvalue weighted by molar-refractivity contribution is 0.377. The van der Waals surface area contributed by atoms with Crippen LogP contribution in [-0.4, -0.2) is 33.7 Å². The molecule has 2 aromatic heterocycles. The van der Waals surface area contributed by atoms with Crippen LogP contribution in [0.2, 0.25) is 0 Å². The number of aryl methyl sites for hydroxylation is 1. The summed E-state index contributed by atoms with van der Waals surface area (Å²) in [5, 5.41) is 10.1. The molecule has 0 spiro atoms. The third-order valence-electron chi connectivity index (χ3n) is 2.73. The Morgan fingerprint density at radius 1 is 1.20 bits per heavy atom. The van der Waals surface area contributed by atoms with Crippen molar-refractivity contribution in [3.8, 4) is 0 Å². The first-order valence-electron chi connectivity index (χ1n) is 6.68. The second-order valence-corrected chi connectivity index (χ2v) is 4.81. The first-order valence-corrected chi connectivity index (χ1v) is 6.68. The molecule has 0 radical (unpaired) electrons. The Morgan fingerprint density at radius 2 is 1.95 bits per heavy atom. The van der Waals surface area contributed by atoms with Gasteiger partial charge in [-0.1, -0.05) is 19.0 Å². The number of aromatic nitrogens is 4. The van der Waals surface area contributed by atoms with Crippen LogP contribution in [0.4, 0.5) is 11.6 Å². The standard InChI is InChI=1S/C13H20N6O/c1-8(2)13-17-10(14-4)7-11(18-13)15-6-5-12-16-9(3)19-20-12/h7-8H,5-6H2,1-4H3,(H2,14,15,17,18). The van der Waals surface area contributed by atoms with Crippen LogP contribution in [0.5, 0.6) is 0 Å². The van der Waals surface area contributed by atoms with Gasteiger partial charge in [-0.25, -0.2) is 9.97 Å². The molecule has 0 unspecified atom stereocenters. The van der Waals surface area contributed by atoms with Crippen molar-refractivity contribution in [3.05, 3.63) is 23.6 Å². The molecule has 0 bridgehead atoms. The number of nitrogens with zero attached hydrogens (tertiary/aromatic N) is 4. The SMILES string of the molecule is CNc1cc(NCCc2nc(C)no2)nc(C(C)C)n1. The maximum Gasteiger partial charge on any atom is 0.228 e. The van der Waals surface area contributed by atoms with Gasteiger partial charge >= 0.3 is 0 Å². The molecule has 0 saturated heterocycles. The highest BCUT2D eigenvalue weighted by Crippen LogP contribution is 2.16. The van der Waals surface area contributed by atoms with Crippen LogP contribution in [0.15, 0.2) is 10.6 Å². The average molecular weight is 276 g/mol. The van der Waals surface area contributed by atoms with E-state index < -0.39 is 0 Å². The summed E-state index contributed by atoms with van der Waals surface area (Å²) in [7, 11) is 1.84. The van der Waals surface area contributed by atoms with Crippen LogP contribution in [0.3, 0.4) is 0 Å². The lowest BCUT2D eigenvalue weighted by Crippen LogP contribution is -2.10. The number of anilines is 2. The molecule has 2 heterocycles. The van der Waals surface area contributed by atoms with Crippen molar-refractivity contribution in [2.45, 2.75) is 33.1 Å². The molecular weight excluding hydrogens is 256 g/mol. The highest BCUT2D eigenvalue weighted by Gasteiger charge is 2.08. The molecule has 108 valence electrons. The van der Waals surface area contributed by atoms with Crippen molar-refractivity contribution >= 4 is 11.6 Å². The van der Waals surface area contributed by atoms with Crippen LogP contribution in [0.1, 0.15) is 37.3 Å². The van der Waals surface area contributed by atoms with Crippen molar-refractivity contribution in [2.24, 2.45) is 0 Å². The number of hydrogen-bond donors (Lipinski definition) is 2. The minimum Gasteiger partial charge on any atom is -0.373 e. The maximum atomic E-state index is 5.06. The van der Waals surface area contributed by atoms with Crippen molar-refractivity contribution in [1.29, 1.82) is 0 Å². The zero-order chi connectivity index (χ0) is 14.5. The molecule has 2 N–H and O–H groups in total. The Balaban J connectivity index is 1.99. The Hall–Kier alpha value is -2.18. The van der Waals surface area contributed by atoms with E-state index in [0.717, 1.165) is 17.5 Å². The quantitative estimate of drug-likeness (QED) is 0.834. The van der Waals surface area contributed by atoms with Gasteiger partial charge in [-0.3, -0.25) is 0 Å². The summed E-state index contributed by atoms with van der Waals surface area (Å²) in [4.78, 5) is 13.1. The van der Waals surface area contributed by atoms with E-state index in [-0.39, 0.29) is 5.92 Å². The fourth-order valence-electron chi connectivity index (χ4n) is 1.68. The molecule has 0 aliphatic carbocycles. The van der Waals surface area contributed by atoms with E-state index in [0.29, 0.717) is 24.7 Å². The minimum atomic E-state index is 0.280. The van der Waals surface area contributed by atoms with E-state index in [4.69, 9.17) is 4.52 Å². The third kappa shape index (κ3) is 3.66. The fourth-order valence-corrected chi connectivity index (χ4v) is 1.68. The second-order valence-electron chi connectivity index (χ2n) is 4.81. The number of rotatable bonds is 6. The lowest BCUT2D eigenvalue weighted by atomic mass is 10.2. The highest BCUT2D eigenvalue weighted by molar-refractivity contribution is 5.47. The molecule has 0 aromatic carbocycles. The molecular formula is C13H20N6O. The number of nitrogens with one attached hydrogen (secondary N) is 2. The summed E-state index contributed by atoms with van der Waals surface area (Å²) < 4.78 is 5.06. The Morgan fingerprint density at radius 3 is 2.55 bits per heavy atom. The Labute approximate surface area is 118 Å². The molecule has 2 rings (SSSR count). The van der Waals surface area contributed by atoms with E-state index in [9.17, 15) is 0 Å². The second kappa shape index (κ2) is 6.31. The molecule has 2 aromatic rings. The van der Waals surface area contributed by atoms with Crippen LogP contribution in [0, 0.1) is 6.92 Å². The summed E-state index contributed by atoms with van der Waals surface area (Å²) in [6.45, 7) is 6.62. The zero-order valence-electron chi connectivity index (χ0n) is 12.3. The van der Waals surface area contributed by atoms with Crippen LogP contribution >= 0.6 is 0 Å². The van der Waals surface area contributed by atoms with Gasteiger partial charge in [0.15, 0.2) is 5.82 Å². The van der Waals surface area contributed by atoms with Gasteiger partial charge in [0.05, 0.1) is 0 Å². The zero-order valence-corrected chi connectivity index (χ0v) is 12.3. The predicted octanol–water partition coefficient (Wildman–Crippen LogP) is 1.99. The molecule has 7 nitrogen and oxygen atoms in total. The fraction of sp³-hybridized carbons (Fsp3) is 0.538. The van der Waals surface area contributed by atoms with Gasteiger partial charge in [0.2, 0.25) is 5.89 Å². The Bertz CT molecular complexity index is 566. The largest absolute Gasteiger partial charge is 0.373 e. The van der Waals surface area contributed by atoms with E-state index in [2.05, 4.69) is 44.6 Å². The maximum absolute atomic E-state index is 5.06. The molecule has 0 aliphatic rings. The van der Waals surface area contributed by atoms with Crippen molar-refractivity contribution < 1.29 is 4.52 Å². The number of hydrogen-bond acceptors (Lipinski definition) is 7. The van der Waals surface area contributed by atoms with Crippen LogP contribution in [0.25, 0.3) is 0 Å². The van der Waals surface area contributed by atoms with E-state index in [1.807, 2.05) is 13.1 Å². The first-order chi connectivity index (χ1) is 9.58. The topological polar surface area (TPSA) is 88.8 Å². The van der Waals surface area contributed by atoms with Crippen molar-refractivity contribution in [1.82, 2.24) is 20.1 Å². The van der Waals surface area contributed by atoms with E-state index in [1.54, 1.807) is 6.92 Å². The minimum absolute atomic E-state index is 0.280. The molecule has 7 heteroatoms. The van der Waals surface area contributed by atoms with Gasteiger partial charge < -0.3 is 15.2 Å². The summed E-state index contributed by atoms with van der Waals surface area (Å²) in [5.74, 6) is 3.98. The molecule has 0 atom stereocenters. The molecule has 0 amide bonds. The van der Waals surface area contributed by atoms with Gasteiger partial charge in [0.1, 0.15) is 17.5 Å². The summed E-state index contributed by atoms with van der Waals surface area (Å²) in [5.41, 5.74) is 0. The van der Waals surface area contributed by atoms with Gasteiger partial charge in [-0.2, -0.15) is 4.98 Å². The van der Waals surface area contributed by atoms with Gasteiger partial charge in [0, 0.05) is 32.0 Å². The van der Waals surface area contributed by atoms with E-state index in [1.165, 1.54) is 0 Å². The summed E-state index contributed by atoms with van der Waals surface area (Å²) in [6, 6.07) is 1.88.